The predicted molar refractivity (Wildman–Crippen MR) is 174 cm³/mol. The fourth-order valence-electron chi connectivity index (χ4n) is 4.61. The van der Waals surface area contributed by atoms with E-state index in [1.165, 1.54) is 28.6 Å². The molecule has 2 rings (SSSR count). The van der Waals surface area contributed by atoms with E-state index in [2.05, 4.69) is 10.0 Å². The Kier molecular flexibility index (Phi) is 15.5. The van der Waals surface area contributed by atoms with Gasteiger partial charge >= 0.3 is 0 Å². The number of carbonyl (C=O) groups is 2. The molecule has 0 bridgehead atoms. The van der Waals surface area contributed by atoms with Crippen molar-refractivity contribution in [1.82, 2.24) is 19.2 Å². The standard InChI is InChI=1S/C30H46N4O10S2/c1-45(41,42)32-16-6-18-33(30(40)14-10-24-8-12-26(36)28(38)22-24)17-3-4-19-34(46(2,43)44)20-5-15-31-29(39)13-9-23-7-11-25(35)27(37)21-23/h7-8,11-12,21-22,32,35-38H,3-6,9-10,13-20H2,1-2H3,(H,31,39). The number of amides is 2. The van der Waals surface area contributed by atoms with Gasteiger partial charge in [-0.2, -0.15) is 0 Å². The van der Waals surface area contributed by atoms with Crippen LogP contribution in [0.5, 0.6) is 23.0 Å². The van der Waals surface area contributed by atoms with Gasteiger partial charge in [0, 0.05) is 52.1 Å². The predicted octanol–water partition coefficient (Wildman–Crippen LogP) is 1.39. The molecule has 0 aromatic heterocycles. The van der Waals surface area contributed by atoms with Crippen molar-refractivity contribution in [2.24, 2.45) is 0 Å². The average molecular weight is 687 g/mol. The number of benzene rings is 2. The Morgan fingerprint density at radius 3 is 1.72 bits per heavy atom. The Bertz CT molecular complexity index is 1520. The molecule has 16 heteroatoms. The minimum absolute atomic E-state index is 0.127. The van der Waals surface area contributed by atoms with Crippen LogP contribution >= 0.6 is 0 Å². The topological polar surface area (TPSA) is 214 Å². The van der Waals surface area contributed by atoms with Gasteiger partial charge in [-0.15, -0.1) is 0 Å². The molecular weight excluding hydrogens is 640 g/mol. The first-order chi connectivity index (χ1) is 21.5. The summed E-state index contributed by atoms with van der Waals surface area (Å²) in [5.74, 6) is -1.43. The third-order valence-corrected chi connectivity index (χ3v) is 9.16. The molecule has 258 valence electrons. The Morgan fingerprint density at radius 1 is 0.674 bits per heavy atom. The van der Waals surface area contributed by atoms with Gasteiger partial charge < -0.3 is 30.6 Å². The highest BCUT2D eigenvalue weighted by molar-refractivity contribution is 7.88. The number of aromatic hydroxyl groups is 4. The molecule has 0 aliphatic carbocycles. The number of phenols is 4. The van der Waals surface area contributed by atoms with E-state index in [9.17, 15) is 46.9 Å². The zero-order valence-corrected chi connectivity index (χ0v) is 27.9. The molecule has 0 aliphatic rings. The number of unbranched alkanes of at least 4 members (excludes halogenated alkanes) is 1. The molecular formula is C30H46N4O10S2. The summed E-state index contributed by atoms with van der Waals surface area (Å²) in [6.07, 6.45) is 4.89. The summed E-state index contributed by atoms with van der Waals surface area (Å²) in [6, 6.07) is 8.70. The van der Waals surface area contributed by atoms with Crippen molar-refractivity contribution in [2.45, 2.75) is 51.4 Å². The van der Waals surface area contributed by atoms with Gasteiger partial charge in [-0.3, -0.25) is 9.59 Å². The van der Waals surface area contributed by atoms with E-state index in [0.29, 0.717) is 62.7 Å². The minimum atomic E-state index is -3.52. The maximum Gasteiger partial charge on any atom is 0.222 e. The molecule has 14 nitrogen and oxygen atoms in total. The molecule has 0 fully saturated rings. The second-order valence-corrected chi connectivity index (χ2v) is 14.9. The van der Waals surface area contributed by atoms with Crippen LogP contribution in [0.1, 0.15) is 49.7 Å². The molecule has 2 aromatic carbocycles. The van der Waals surface area contributed by atoms with Crippen LogP contribution in [0.2, 0.25) is 0 Å². The van der Waals surface area contributed by atoms with Gasteiger partial charge in [0.05, 0.1) is 12.5 Å². The number of carbonyl (C=O) groups excluding carboxylic acids is 2. The van der Waals surface area contributed by atoms with Gasteiger partial charge in [0.1, 0.15) is 0 Å². The van der Waals surface area contributed by atoms with Crippen LogP contribution in [0.25, 0.3) is 0 Å². The summed E-state index contributed by atoms with van der Waals surface area (Å²) >= 11 is 0. The monoisotopic (exact) mass is 686 g/mol. The number of nitrogens with zero attached hydrogens (tertiary/aromatic N) is 2. The lowest BCUT2D eigenvalue weighted by molar-refractivity contribution is -0.131. The molecule has 0 heterocycles. The highest BCUT2D eigenvalue weighted by atomic mass is 32.2. The molecule has 0 atom stereocenters. The number of hydrogen-bond acceptors (Lipinski definition) is 10. The van der Waals surface area contributed by atoms with Crippen LogP contribution in [-0.4, -0.2) is 110 Å². The molecule has 0 unspecified atom stereocenters. The van der Waals surface area contributed by atoms with Gasteiger partial charge in [-0.1, -0.05) is 12.1 Å². The zero-order valence-electron chi connectivity index (χ0n) is 26.3. The summed E-state index contributed by atoms with van der Waals surface area (Å²) in [7, 11) is -6.89. The molecule has 0 spiro atoms. The number of hydrogen-bond donors (Lipinski definition) is 6. The Hall–Kier alpha value is -3.60. The van der Waals surface area contributed by atoms with Gasteiger partial charge in [0.15, 0.2) is 23.0 Å². The van der Waals surface area contributed by atoms with Gasteiger partial charge in [-0.05, 0) is 73.9 Å². The third-order valence-electron chi connectivity index (χ3n) is 7.13. The van der Waals surface area contributed by atoms with Crippen molar-refractivity contribution < 1.29 is 46.9 Å². The maximum atomic E-state index is 13.0. The summed E-state index contributed by atoms with van der Waals surface area (Å²) < 4.78 is 51.3. The lowest BCUT2D eigenvalue weighted by atomic mass is 10.1. The van der Waals surface area contributed by atoms with Crippen molar-refractivity contribution in [3.05, 3.63) is 47.5 Å². The van der Waals surface area contributed by atoms with E-state index in [-0.39, 0.29) is 73.8 Å². The smallest absolute Gasteiger partial charge is 0.222 e. The van der Waals surface area contributed by atoms with Crippen molar-refractivity contribution in [1.29, 1.82) is 0 Å². The van der Waals surface area contributed by atoms with E-state index >= 15 is 0 Å². The van der Waals surface area contributed by atoms with E-state index in [1.54, 1.807) is 17.0 Å². The zero-order chi connectivity index (χ0) is 34.3. The van der Waals surface area contributed by atoms with Crippen molar-refractivity contribution in [2.75, 3.05) is 51.8 Å². The first kappa shape index (κ1) is 38.6. The first-order valence-electron chi connectivity index (χ1n) is 15.0. The largest absolute Gasteiger partial charge is 0.504 e. The summed E-state index contributed by atoms with van der Waals surface area (Å²) in [5.41, 5.74) is 1.36. The molecule has 2 amide bonds. The van der Waals surface area contributed by atoms with Crippen LogP contribution < -0.4 is 10.0 Å². The highest BCUT2D eigenvalue weighted by Gasteiger charge is 2.18. The van der Waals surface area contributed by atoms with Crippen molar-refractivity contribution in [3.63, 3.8) is 0 Å². The van der Waals surface area contributed by atoms with Crippen LogP contribution in [-0.2, 0) is 42.5 Å². The summed E-state index contributed by atoms with van der Waals surface area (Å²) in [6.45, 7) is 1.49. The molecule has 0 aliphatic heterocycles. The maximum absolute atomic E-state index is 13.0. The third kappa shape index (κ3) is 15.1. The number of aryl methyl sites for hydroxylation is 2. The number of rotatable bonds is 21. The number of phenolic OH excluding ortho intramolecular Hbond substituents is 4. The molecule has 6 N–H and O–H groups in total. The van der Waals surface area contributed by atoms with Gasteiger partial charge in [0.2, 0.25) is 31.9 Å². The van der Waals surface area contributed by atoms with Crippen LogP contribution in [0.3, 0.4) is 0 Å². The summed E-state index contributed by atoms with van der Waals surface area (Å²) in [4.78, 5) is 26.9. The molecule has 46 heavy (non-hydrogen) atoms. The molecule has 0 radical (unpaired) electrons. The van der Waals surface area contributed by atoms with Crippen LogP contribution in [0.15, 0.2) is 36.4 Å². The lowest BCUT2D eigenvalue weighted by Crippen LogP contribution is -2.36. The van der Waals surface area contributed by atoms with E-state index < -0.39 is 20.0 Å². The second kappa shape index (κ2) is 18.5. The second-order valence-electron chi connectivity index (χ2n) is 11.1. The lowest BCUT2D eigenvalue weighted by Gasteiger charge is -2.24. The summed E-state index contributed by atoms with van der Waals surface area (Å²) in [5, 5.41) is 40.9. The fraction of sp³-hybridized carbons (Fsp3) is 0.533. The van der Waals surface area contributed by atoms with Crippen LogP contribution in [0, 0.1) is 0 Å². The van der Waals surface area contributed by atoms with E-state index in [1.807, 2.05) is 0 Å². The average Bonchev–Trinajstić information content (AvgIpc) is 2.97. The Balaban J connectivity index is 1.82. The fourth-order valence-corrected chi connectivity index (χ4v) is 6.05. The minimum Gasteiger partial charge on any atom is -0.504 e. The SMILES string of the molecule is CS(=O)(=O)NCCCN(CCCCN(CCCNC(=O)CCc1ccc(O)c(O)c1)S(C)(=O)=O)C(=O)CCc1ccc(O)c(O)c1. The van der Waals surface area contributed by atoms with E-state index in [4.69, 9.17) is 0 Å². The highest BCUT2D eigenvalue weighted by Crippen LogP contribution is 2.26. The quantitative estimate of drug-likeness (QED) is 0.0820. The van der Waals surface area contributed by atoms with Crippen molar-refractivity contribution >= 4 is 31.9 Å². The van der Waals surface area contributed by atoms with E-state index in [0.717, 1.165) is 12.5 Å². The Morgan fingerprint density at radius 2 is 1.17 bits per heavy atom. The van der Waals surface area contributed by atoms with Gasteiger partial charge in [0.25, 0.3) is 0 Å². The normalized spacial score (nSPS) is 11.9. The first-order valence-corrected chi connectivity index (χ1v) is 18.7. The molecule has 2 aromatic rings. The van der Waals surface area contributed by atoms with Crippen molar-refractivity contribution in [3.8, 4) is 23.0 Å². The van der Waals surface area contributed by atoms with Gasteiger partial charge in [-0.25, -0.2) is 25.9 Å². The molecule has 0 saturated heterocycles. The number of nitrogens with one attached hydrogen (secondary N) is 2. The van der Waals surface area contributed by atoms with Crippen LogP contribution in [0.4, 0.5) is 0 Å². The Labute approximate surface area is 271 Å². The number of sulfonamides is 2. The molecule has 0 saturated carbocycles.